The van der Waals surface area contributed by atoms with Crippen LogP contribution in [0, 0.1) is 17.8 Å². The number of rotatable bonds is 14. The molecule has 0 saturated carbocycles. The summed E-state index contributed by atoms with van der Waals surface area (Å²) >= 11 is 0. The quantitative estimate of drug-likeness (QED) is 0.0938. The van der Waals surface area contributed by atoms with Gasteiger partial charge in [-0.25, -0.2) is 0 Å². The molecule has 3 N–H and O–H groups in total. The van der Waals surface area contributed by atoms with E-state index in [9.17, 15) is 5.11 Å². The molecule has 4 saturated heterocycles. The molecule has 9 unspecified atom stereocenters. The highest BCUT2D eigenvalue weighted by atomic mass is 16.8. The number of nitrogens with one attached hydrogen (secondary N) is 2. The van der Waals surface area contributed by atoms with E-state index in [-0.39, 0.29) is 35.2 Å². The number of aliphatic hydroxyl groups excluding tert-OH is 1. The molecule has 4 amide bonds. The molecule has 6 heterocycles. The summed E-state index contributed by atoms with van der Waals surface area (Å²) in [5, 5.41) is 17.9. The summed E-state index contributed by atoms with van der Waals surface area (Å²) < 4.78 is 32.5. The number of aliphatic hydroxyl groups is 1. The van der Waals surface area contributed by atoms with Crippen LogP contribution in [0.1, 0.15) is 142 Å². The second-order valence-electron chi connectivity index (χ2n) is 25.5. The highest BCUT2D eigenvalue weighted by molar-refractivity contribution is 6.04. The van der Waals surface area contributed by atoms with Crippen molar-refractivity contribution in [2.45, 2.75) is 159 Å². The van der Waals surface area contributed by atoms with Gasteiger partial charge in [-0.1, -0.05) is 126 Å². The van der Waals surface area contributed by atoms with Crippen LogP contribution in [0.3, 0.4) is 0 Å². The third kappa shape index (κ3) is 11.6. The van der Waals surface area contributed by atoms with Crippen molar-refractivity contribution in [3.8, 4) is 0 Å². The molecule has 2 aromatic heterocycles. The van der Waals surface area contributed by atoms with Crippen molar-refractivity contribution in [2.75, 3.05) is 23.0 Å². The minimum Gasteiger partial charge on any atom is -0.390 e. The normalized spacial score (nSPS) is 26.9. The Kier molecular flexibility index (Phi) is 16.2. The number of fused-ring (bicyclic) bond motifs is 4. The van der Waals surface area contributed by atoms with Crippen molar-refractivity contribution in [1.29, 1.82) is 0 Å². The Labute approximate surface area is 491 Å². The van der Waals surface area contributed by atoms with Crippen LogP contribution in [-0.4, -0.2) is 89.1 Å². The molecule has 16 heteroatoms. The third-order valence-corrected chi connectivity index (χ3v) is 17.9. The molecular weight excluding hydrogens is 1060 g/mol. The Morgan fingerprint density at radius 1 is 0.619 bits per heavy atom. The average Bonchev–Trinajstić information content (AvgIpc) is 3.77. The van der Waals surface area contributed by atoms with Crippen LogP contribution in [-0.2, 0) is 66.5 Å². The highest BCUT2D eigenvalue weighted by Crippen LogP contribution is 2.45. The Morgan fingerprint density at radius 3 is 1.76 bits per heavy atom. The van der Waals surface area contributed by atoms with Crippen molar-refractivity contribution >= 4 is 35.0 Å². The number of pyridine rings is 2. The lowest BCUT2D eigenvalue weighted by Gasteiger charge is -2.37. The minimum absolute atomic E-state index is 0.121. The van der Waals surface area contributed by atoms with Crippen LogP contribution in [0.15, 0.2) is 146 Å². The Morgan fingerprint density at radius 2 is 1.18 bits per heavy atom. The van der Waals surface area contributed by atoms with E-state index in [1.807, 2.05) is 103 Å². The first-order valence-electron chi connectivity index (χ1n) is 29.8. The highest BCUT2D eigenvalue weighted by Gasteiger charge is 2.51. The SMILES string of the molecule is CC(C)(C)c1ccc(N(C(=O)C2CCC3CC(O[C@H]4Cc5ccccc5[C@H]4NC(=O)C(c4cccnc4)N(C(=O)C4COC5OCCCC54)c4ccc(C(C)(C)C)cc4)OC3O2)C(C(=O)N[C@@H]2c3ccccc3C[C@@H]2O)c2cccnc2)cc1. The summed E-state index contributed by atoms with van der Waals surface area (Å²) in [6.07, 6.45) is 5.83. The van der Waals surface area contributed by atoms with Gasteiger partial charge in [0, 0.05) is 85.0 Å². The monoisotopic (exact) mass is 1140 g/mol. The van der Waals surface area contributed by atoms with E-state index in [0.29, 0.717) is 61.2 Å². The zero-order chi connectivity index (χ0) is 58.4. The maximum absolute atomic E-state index is 15.6. The lowest BCUT2D eigenvalue weighted by Crippen LogP contribution is -2.51. The lowest BCUT2D eigenvalue weighted by atomic mass is 9.86. The molecule has 16 nitrogen and oxygen atoms in total. The van der Waals surface area contributed by atoms with Crippen LogP contribution in [0.25, 0.3) is 0 Å². The fourth-order valence-electron chi connectivity index (χ4n) is 13.4. The Bertz CT molecular complexity index is 3330. The van der Waals surface area contributed by atoms with Gasteiger partial charge in [-0.2, -0.15) is 0 Å². The van der Waals surface area contributed by atoms with E-state index in [2.05, 4.69) is 62.1 Å². The molecule has 0 bridgehead atoms. The largest absolute Gasteiger partial charge is 0.390 e. The molecular formula is C68H76N6O10. The molecule has 438 valence electrons. The molecule has 13 atom stereocenters. The number of hydrogen-bond donors (Lipinski definition) is 3. The van der Waals surface area contributed by atoms with Crippen LogP contribution in [0.5, 0.6) is 0 Å². The van der Waals surface area contributed by atoms with Gasteiger partial charge in [0.1, 0.15) is 18.2 Å². The minimum atomic E-state index is -1.20. The molecule has 4 aromatic carbocycles. The number of nitrogens with zero attached hydrogens (tertiary/aromatic N) is 4. The van der Waals surface area contributed by atoms with Gasteiger partial charge in [0.15, 0.2) is 18.9 Å². The Hall–Kier alpha value is -7.18. The second kappa shape index (κ2) is 23.7. The number of amides is 4. The molecule has 4 aliphatic heterocycles. The fourth-order valence-corrected chi connectivity index (χ4v) is 13.4. The van der Waals surface area contributed by atoms with Crippen LogP contribution < -0.4 is 20.4 Å². The van der Waals surface area contributed by atoms with Crippen molar-refractivity contribution in [3.63, 3.8) is 0 Å². The van der Waals surface area contributed by atoms with Gasteiger partial charge >= 0.3 is 0 Å². The number of carbonyl (C=O) groups excluding carboxylic acids is 4. The summed E-state index contributed by atoms with van der Waals surface area (Å²) in [5.41, 5.74) is 7.57. The topological polar surface area (TPSA) is 191 Å². The molecule has 4 fully saturated rings. The zero-order valence-corrected chi connectivity index (χ0v) is 48.6. The molecule has 6 aliphatic rings. The Balaban J connectivity index is 0.807. The first-order valence-corrected chi connectivity index (χ1v) is 29.8. The summed E-state index contributed by atoms with van der Waals surface area (Å²) in [5.74, 6) is -2.38. The van der Waals surface area contributed by atoms with Gasteiger partial charge in [-0.15, -0.1) is 0 Å². The predicted octanol–water partition coefficient (Wildman–Crippen LogP) is 9.76. The number of carbonyl (C=O) groups is 4. The first-order chi connectivity index (χ1) is 40.5. The molecule has 2 aliphatic carbocycles. The van der Waals surface area contributed by atoms with Crippen molar-refractivity contribution in [3.05, 3.63) is 191 Å². The number of hydrogen-bond acceptors (Lipinski definition) is 12. The molecule has 6 aromatic rings. The van der Waals surface area contributed by atoms with E-state index >= 15 is 19.2 Å². The van der Waals surface area contributed by atoms with Gasteiger partial charge in [0.25, 0.3) is 5.91 Å². The van der Waals surface area contributed by atoms with Gasteiger partial charge in [-0.05, 0) is 106 Å². The summed E-state index contributed by atoms with van der Waals surface area (Å²) in [4.78, 5) is 73.6. The van der Waals surface area contributed by atoms with Gasteiger partial charge in [0.05, 0.1) is 36.8 Å². The molecule has 0 radical (unpaired) electrons. The van der Waals surface area contributed by atoms with E-state index in [4.69, 9.17) is 23.7 Å². The van der Waals surface area contributed by atoms with E-state index in [1.54, 1.807) is 47.9 Å². The lowest BCUT2D eigenvalue weighted by molar-refractivity contribution is -0.246. The van der Waals surface area contributed by atoms with Crippen molar-refractivity contribution < 1.29 is 48.0 Å². The predicted molar refractivity (Wildman–Crippen MR) is 315 cm³/mol. The van der Waals surface area contributed by atoms with E-state index < -0.39 is 85.0 Å². The van der Waals surface area contributed by atoms with Crippen LogP contribution in [0.4, 0.5) is 11.4 Å². The van der Waals surface area contributed by atoms with Crippen molar-refractivity contribution in [2.24, 2.45) is 17.8 Å². The molecule has 12 rings (SSSR count). The number of benzene rings is 4. The van der Waals surface area contributed by atoms with E-state index in [1.165, 1.54) is 4.90 Å². The van der Waals surface area contributed by atoms with Crippen molar-refractivity contribution in [1.82, 2.24) is 20.6 Å². The van der Waals surface area contributed by atoms with Gasteiger partial charge < -0.3 is 39.4 Å². The van der Waals surface area contributed by atoms with Gasteiger partial charge in [0.2, 0.25) is 17.7 Å². The summed E-state index contributed by atoms with van der Waals surface area (Å²) in [7, 11) is 0. The molecule has 84 heavy (non-hydrogen) atoms. The number of aromatic nitrogens is 2. The third-order valence-electron chi connectivity index (χ3n) is 17.9. The fraction of sp³-hybridized carbons (Fsp3) is 0.441. The average molecular weight is 1140 g/mol. The second-order valence-corrected chi connectivity index (χ2v) is 25.5. The van der Waals surface area contributed by atoms with Crippen LogP contribution in [0.2, 0.25) is 0 Å². The maximum atomic E-state index is 15.6. The van der Waals surface area contributed by atoms with E-state index in [0.717, 1.165) is 46.2 Å². The summed E-state index contributed by atoms with van der Waals surface area (Å²) in [6.45, 7) is 13.5. The maximum Gasteiger partial charge on any atom is 0.257 e. The molecule has 0 spiro atoms. The van der Waals surface area contributed by atoms with Gasteiger partial charge in [-0.3, -0.25) is 38.9 Å². The van der Waals surface area contributed by atoms with Crippen LogP contribution >= 0.6 is 0 Å². The number of anilines is 2. The smallest absolute Gasteiger partial charge is 0.257 e. The standard InChI is InChI=1S/C68H76N6O10/c1-67(2,3)45-22-26-47(27-23-45)73(63(78)52-39-81-66-51(52)20-13-33-80-66)59(43-16-11-31-69-37-43)62(77)72-58-50-19-10-8-15-41(50)35-55(58)82-56-36-42-21-30-54(83-65(42)84-56)64(79)74(48-28-24-46(25-29-48)68(4,5)6)60(44-17-12-32-70-38-44)61(76)71-57-49-18-9-7-14-40(49)34-53(57)75/h7-12,14-19,22-29,31-32,37-38,42,51-60,65-66,75H,13,20-21,30,33-36,39H2,1-6H3,(H,71,76)(H,72,77)/t42?,51?,52?,53-,54?,55-,56?,57+,58+,59?,60?,65?,66?/m0/s1. The number of ether oxygens (including phenoxy) is 5. The zero-order valence-electron chi connectivity index (χ0n) is 48.6. The summed E-state index contributed by atoms with van der Waals surface area (Å²) in [6, 6.07) is 34.7. The first kappa shape index (κ1) is 57.3.